The van der Waals surface area contributed by atoms with Gasteiger partial charge in [0.15, 0.2) is 6.10 Å². The highest BCUT2D eigenvalue weighted by Crippen LogP contribution is 2.27. The second-order valence-electron chi connectivity index (χ2n) is 4.51. The Kier molecular flexibility index (Phi) is 6.12. The fourth-order valence-corrected chi connectivity index (χ4v) is 1.91. The topological polar surface area (TPSA) is 64.3 Å². The molecule has 0 saturated heterocycles. The van der Waals surface area contributed by atoms with E-state index in [9.17, 15) is 4.79 Å². The number of nitrogens with two attached hydrogens (primary N) is 1. The number of halogens is 1. The molecule has 1 aromatic rings. The molecule has 2 atom stereocenters. The number of benzene rings is 1. The zero-order valence-corrected chi connectivity index (χ0v) is 12.3. The normalized spacial score (nSPS) is 13.7. The summed E-state index contributed by atoms with van der Waals surface area (Å²) in [5.74, 6) is 0.319. The highest BCUT2D eigenvalue weighted by Gasteiger charge is 2.14. The number of hydrogen-bond donors (Lipinski definition) is 2. The minimum atomic E-state index is -0.578. The summed E-state index contributed by atoms with van der Waals surface area (Å²) in [7, 11) is 1.57. The van der Waals surface area contributed by atoms with Crippen molar-refractivity contribution in [2.24, 2.45) is 5.73 Å². The van der Waals surface area contributed by atoms with E-state index in [0.717, 1.165) is 18.4 Å². The largest absolute Gasteiger partial charge is 0.479 e. The van der Waals surface area contributed by atoms with E-state index in [-0.39, 0.29) is 11.9 Å². The lowest BCUT2D eigenvalue weighted by molar-refractivity contribution is -0.126. The first-order valence-corrected chi connectivity index (χ1v) is 6.78. The number of carbonyl (C=O) groups excluding carboxylic acids is 1. The predicted octanol–water partition coefficient (Wildman–Crippen LogP) is 2.13. The van der Waals surface area contributed by atoms with Crippen molar-refractivity contribution in [2.75, 3.05) is 7.05 Å². The molecule has 1 aromatic carbocycles. The van der Waals surface area contributed by atoms with E-state index in [1.54, 1.807) is 20.0 Å². The van der Waals surface area contributed by atoms with Crippen molar-refractivity contribution in [2.45, 2.75) is 38.8 Å². The van der Waals surface area contributed by atoms with Crippen molar-refractivity contribution >= 4 is 17.5 Å². The number of carbonyl (C=O) groups is 1. The Labute approximate surface area is 119 Å². The van der Waals surface area contributed by atoms with Crippen LogP contribution in [-0.4, -0.2) is 25.1 Å². The van der Waals surface area contributed by atoms with Gasteiger partial charge in [-0.2, -0.15) is 0 Å². The fourth-order valence-electron chi connectivity index (χ4n) is 1.66. The summed E-state index contributed by atoms with van der Waals surface area (Å²) in [4.78, 5) is 11.4. The number of nitrogens with one attached hydrogen (secondary N) is 1. The van der Waals surface area contributed by atoms with Gasteiger partial charge in [0, 0.05) is 13.1 Å². The van der Waals surface area contributed by atoms with Gasteiger partial charge >= 0.3 is 0 Å². The quantitative estimate of drug-likeness (QED) is 0.841. The lowest BCUT2D eigenvalue weighted by Gasteiger charge is -2.15. The summed E-state index contributed by atoms with van der Waals surface area (Å²) < 4.78 is 5.51. The van der Waals surface area contributed by atoms with Crippen LogP contribution in [0, 0.1) is 0 Å². The van der Waals surface area contributed by atoms with Crippen molar-refractivity contribution in [3.8, 4) is 5.75 Å². The lowest BCUT2D eigenvalue weighted by atomic mass is 10.0. The summed E-state index contributed by atoms with van der Waals surface area (Å²) in [6, 6.07) is 5.67. The van der Waals surface area contributed by atoms with Gasteiger partial charge in [0.05, 0.1) is 5.02 Å². The van der Waals surface area contributed by atoms with E-state index >= 15 is 0 Å². The molecule has 4 nitrogen and oxygen atoms in total. The predicted molar refractivity (Wildman–Crippen MR) is 77.6 cm³/mol. The molecule has 0 saturated carbocycles. The van der Waals surface area contributed by atoms with E-state index in [1.165, 1.54) is 0 Å². The molecule has 1 amide bonds. The lowest BCUT2D eigenvalue weighted by Crippen LogP contribution is -2.33. The maximum Gasteiger partial charge on any atom is 0.260 e. The van der Waals surface area contributed by atoms with Gasteiger partial charge in [-0.25, -0.2) is 0 Å². The SMILES string of the molecule is CCC(N)Cc1ccc(OC(C)C(=O)NC)c(Cl)c1. The van der Waals surface area contributed by atoms with Crippen LogP contribution in [0.25, 0.3) is 0 Å². The molecule has 2 unspecified atom stereocenters. The van der Waals surface area contributed by atoms with Crippen molar-refractivity contribution < 1.29 is 9.53 Å². The average Bonchev–Trinajstić information content (AvgIpc) is 2.40. The summed E-state index contributed by atoms with van der Waals surface area (Å²) in [6.45, 7) is 3.73. The molecule has 0 fully saturated rings. The average molecular weight is 285 g/mol. The van der Waals surface area contributed by atoms with Crippen LogP contribution in [0.5, 0.6) is 5.75 Å². The molecule has 3 N–H and O–H groups in total. The highest BCUT2D eigenvalue weighted by molar-refractivity contribution is 6.32. The van der Waals surface area contributed by atoms with E-state index in [0.29, 0.717) is 10.8 Å². The zero-order valence-electron chi connectivity index (χ0n) is 11.6. The van der Waals surface area contributed by atoms with Crippen LogP contribution < -0.4 is 15.8 Å². The third-order valence-corrected chi connectivity index (χ3v) is 3.23. The monoisotopic (exact) mass is 284 g/mol. The van der Waals surface area contributed by atoms with Gasteiger partial charge in [0.25, 0.3) is 5.91 Å². The van der Waals surface area contributed by atoms with Crippen molar-refractivity contribution in [1.29, 1.82) is 0 Å². The third kappa shape index (κ3) is 4.73. The molecule has 19 heavy (non-hydrogen) atoms. The first-order chi connectivity index (χ1) is 8.97. The minimum Gasteiger partial charge on any atom is -0.479 e. The van der Waals surface area contributed by atoms with Crippen LogP contribution in [0.3, 0.4) is 0 Å². The summed E-state index contributed by atoms with van der Waals surface area (Å²) in [5.41, 5.74) is 6.97. The van der Waals surface area contributed by atoms with Crippen LogP contribution in [0.1, 0.15) is 25.8 Å². The van der Waals surface area contributed by atoms with E-state index in [4.69, 9.17) is 22.1 Å². The molecule has 106 valence electrons. The second kappa shape index (κ2) is 7.36. The van der Waals surface area contributed by atoms with Crippen molar-refractivity contribution in [1.82, 2.24) is 5.32 Å². The standard InChI is InChI=1S/C14H21ClN2O2/c1-4-11(16)7-10-5-6-13(12(15)8-10)19-9(2)14(18)17-3/h5-6,8-9,11H,4,7,16H2,1-3H3,(H,17,18). The van der Waals surface area contributed by atoms with Gasteiger partial charge in [0.1, 0.15) is 5.75 Å². The fraction of sp³-hybridized carbons (Fsp3) is 0.500. The Morgan fingerprint density at radius 3 is 2.74 bits per heavy atom. The summed E-state index contributed by atoms with van der Waals surface area (Å²) in [6.07, 6.45) is 1.12. The molecule has 0 heterocycles. The molecule has 0 aliphatic heterocycles. The van der Waals surface area contributed by atoms with Crippen molar-refractivity contribution in [3.05, 3.63) is 28.8 Å². The maximum absolute atomic E-state index is 11.4. The van der Waals surface area contributed by atoms with Crippen LogP contribution >= 0.6 is 11.6 Å². The highest BCUT2D eigenvalue weighted by atomic mass is 35.5. The number of rotatable bonds is 6. The number of amides is 1. The molecule has 0 aliphatic carbocycles. The molecule has 0 spiro atoms. The maximum atomic E-state index is 11.4. The zero-order chi connectivity index (χ0) is 14.4. The molecule has 1 rings (SSSR count). The number of hydrogen-bond acceptors (Lipinski definition) is 3. The molecule has 0 aromatic heterocycles. The van der Waals surface area contributed by atoms with Gasteiger partial charge < -0.3 is 15.8 Å². The second-order valence-corrected chi connectivity index (χ2v) is 4.92. The molecule has 0 aliphatic rings. The molecule has 0 bridgehead atoms. The first kappa shape index (κ1) is 15.8. The van der Waals surface area contributed by atoms with Crippen LogP contribution in [0.4, 0.5) is 0 Å². The third-order valence-electron chi connectivity index (χ3n) is 2.94. The first-order valence-electron chi connectivity index (χ1n) is 6.40. The van der Waals surface area contributed by atoms with Gasteiger partial charge in [-0.3, -0.25) is 4.79 Å². The number of likely N-dealkylation sites (N-methyl/N-ethyl adjacent to an activating group) is 1. The van der Waals surface area contributed by atoms with E-state index in [2.05, 4.69) is 12.2 Å². The minimum absolute atomic E-state index is 0.132. The molecular formula is C14H21ClN2O2. The van der Waals surface area contributed by atoms with Gasteiger partial charge in [-0.05, 0) is 37.5 Å². The summed E-state index contributed by atoms with van der Waals surface area (Å²) >= 11 is 6.15. The molecule has 5 heteroatoms. The van der Waals surface area contributed by atoms with Crippen LogP contribution in [0.2, 0.25) is 5.02 Å². The van der Waals surface area contributed by atoms with Crippen LogP contribution in [-0.2, 0) is 11.2 Å². The van der Waals surface area contributed by atoms with Gasteiger partial charge in [-0.15, -0.1) is 0 Å². The Morgan fingerprint density at radius 1 is 1.53 bits per heavy atom. The van der Waals surface area contributed by atoms with Gasteiger partial charge in [-0.1, -0.05) is 24.6 Å². The Balaban J connectivity index is 2.74. The van der Waals surface area contributed by atoms with E-state index in [1.807, 2.05) is 12.1 Å². The Morgan fingerprint density at radius 2 is 2.21 bits per heavy atom. The summed E-state index contributed by atoms with van der Waals surface area (Å²) in [5, 5.41) is 3.02. The smallest absolute Gasteiger partial charge is 0.260 e. The molecule has 0 radical (unpaired) electrons. The van der Waals surface area contributed by atoms with Crippen molar-refractivity contribution in [3.63, 3.8) is 0 Å². The van der Waals surface area contributed by atoms with Crippen LogP contribution in [0.15, 0.2) is 18.2 Å². The number of ether oxygens (including phenoxy) is 1. The van der Waals surface area contributed by atoms with E-state index < -0.39 is 6.10 Å². The van der Waals surface area contributed by atoms with Gasteiger partial charge in [0.2, 0.25) is 0 Å². The Bertz CT molecular complexity index is 437. The molecular weight excluding hydrogens is 264 g/mol. The Hall–Kier alpha value is -1.26.